The molecule has 2 amide bonds. The van der Waals surface area contributed by atoms with Crippen LogP contribution in [0.1, 0.15) is 56.6 Å². The number of benzene rings is 3. The average molecular weight is 701 g/mol. The maximum Gasteiger partial charge on any atom is 0.273 e. The first-order valence-electron chi connectivity index (χ1n) is 15.7. The standard InChI is InChI=1S/C34H41ClN4O8S/c1-5-29(34(41)36-26-9-7-6-8-10-26)37(21-24-12-15-27(46-3)16-13-24)33(40)22-38(31-19-25(35)14-18-32(31)47-4)48(44,45)28-17-11-23(2)30(20-28)39(42)43/h11-20,26,29H,5-10,21-22H2,1-4H3,(H,36,41)/t29-/m0/s1. The fourth-order valence-corrected chi connectivity index (χ4v) is 7.44. The Morgan fingerprint density at radius 3 is 2.31 bits per heavy atom. The molecule has 3 aromatic carbocycles. The van der Waals surface area contributed by atoms with E-state index in [1.165, 1.54) is 56.4 Å². The molecule has 1 saturated carbocycles. The summed E-state index contributed by atoms with van der Waals surface area (Å²) in [6.07, 6.45) is 5.06. The van der Waals surface area contributed by atoms with Crippen LogP contribution in [0.4, 0.5) is 11.4 Å². The zero-order valence-electron chi connectivity index (χ0n) is 27.5. The van der Waals surface area contributed by atoms with E-state index in [1.54, 1.807) is 31.2 Å². The number of sulfonamides is 1. The number of methoxy groups -OCH3 is 2. The lowest BCUT2D eigenvalue weighted by Crippen LogP contribution is -2.54. The maximum absolute atomic E-state index is 14.5. The molecule has 1 N–H and O–H groups in total. The Hall–Kier alpha value is -4.36. The van der Waals surface area contributed by atoms with Gasteiger partial charge in [0.1, 0.15) is 24.1 Å². The molecule has 48 heavy (non-hydrogen) atoms. The molecule has 1 aliphatic rings. The van der Waals surface area contributed by atoms with Crippen molar-refractivity contribution in [1.29, 1.82) is 0 Å². The summed E-state index contributed by atoms with van der Waals surface area (Å²) >= 11 is 6.31. The van der Waals surface area contributed by atoms with Gasteiger partial charge in [-0.25, -0.2) is 8.42 Å². The van der Waals surface area contributed by atoms with Crippen molar-refractivity contribution in [3.8, 4) is 11.5 Å². The first kappa shape index (κ1) is 36.5. The fourth-order valence-electron chi connectivity index (χ4n) is 5.84. The predicted octanol–water partition coefficient (Wildman–Crippen LogP) is 6.03. The third-order valence-electron chi connectivity index (χ3n) is 8.50. The molecule has 1 aliphatic carbocycles. The summed E-state index contributed by atoms with van der Waals surface area (Å²) in [5.41, 5.74) is 0.511. The normalized spacial score (nSPS) is 14.1. The Morgan fingerprint density at radius 1 is 1.02 bits per heavy atom. The second-order valence-electron chi connectivity index (χ2n) is 11.7. The van der Waals surface area contributed by atoms with E-state index >= 15 is 0 Å². The number of nitrogens with one attached hydrogen (secondary N) is 1. The van der Waals surface area contributed by atoms with Crippen LogP contribution in [0.5, 0.6) is 11.5 Å². The van der Waals surface area contributed by atoms with Gasteiger partial charge in [0, 0.05) is 29.2 Å². The molecule has 0 unspecified atom stereocenters. The molecule has 0 aliphatic heterocycles. The van der Waals surface area contributed by atoms with Crippen LogP contribution < -0.4 is 19.1 Å². The van der Waals surface area contributed by atoms with Crippen LogP contribution in [0.15, 0.2) is 65.6 Å². The van der Waals surface area contributed by atoms with Gasteiger partial charge in [-0.05, 0) is 68.1 Å². The minimum Gasteiger partial charge on any atom is -0.497 e. The number of anilines is 1. The molecule has 0 saturated heterocycles. The van der Waals surface area contributed by atoms with Gasteiger partial charge >= 0.3 is 0 Å². The van der Waals surface area contributed by atoms with Gasteiger partial charge in [-0.15, -0.1) is 0 Å². The van der Waals surface area contributed by atoms with Crippen LogP contribution in [0.2, 0.25) is 5.02 Å². The van der Waals surface area contributed by atoms with Crippen LogP contribution in [0, 0.1) is 17.0 Å². The minimum absolute atomic E-state index is 0.00398. The third-order valence-corrected chi connectivity index (χ3v) is 10.5. The van der Waals surface area contributed by atoms with Crippen LogP contribution in [-0.4, -0.2) is 62.9 Å². The molecule has 14 heteroatoms. The Morgan fingerprint density at radius 2 is 1.71 bits per heavy atom. The molecule has 0 bridgehead atoms. The lowest BCUT2D eigenvalue weighted by Gasteiger charge is -2.34. The number of carbonyl (C=O) groups excluding carboxylic acids is 2. The molecule has 12 nitrogen and oxygen atoms in total. The minimum atomic E-state index is -4.64. The Kier molecular flexibility index (Phi) is 12.3. The molecule has 1 atom stereocenters. The number of amides is 2. The van der Waals surface area contributed by atoms with E-state index in [9.17, 15) is 28.1 Å². The van der Waals surface area contributed by atoms with E-state index < -0.39 is 44.0 Å². The number of hydrogen-bond donors (Lipinski definition) is 1. The van der Waals surface area contributed by atoms with E-state index in [2.05, 4.69) is 5.32 Å². The summed E-state index contributed by atoms with van der Waals surface area (Å²) in [6.45, 7) is 2.52. The molecule has 0 radical (unpaired) electrons. The van der Waals surface area contributed by atoms with E-state index in [0.717, 1.165) is 42.5 Å². The number of nitro groups is 1. The fraction of sp³-hybridized carbons (Fsp3) is 0.412. The van der Waals surface area contributed by atoms with Crippen molar-refractivity contribution in [3.05, 3.63) is 86.9 Å². The second-order valence-corrected chi connectivity index (χ2v) is 14.0. The second kappa shape index (κ2) is 16.2. The highest BCUT2D eigenvalue weighted by Crippen LogP contribution is 2.36. The van der Waals surface area contributed by atoms with Gasteiger partial charge in [0.2, 0.25) is 11.8 Å². The monoisotopic (exact) mass is 700 g/mol. The summed E-state index contributed by atoms with van der Waals surface area (Å²) in [7, 11) is -1.76. The first-order chi connectivity index (χ1) is 22.9. The van der Waals surface area contributed by atoms with Gasteiger partial charge in [-0.3, -0.25) is 24.0 Å². The SMILES string of the molecule is CC[C@@H](C(=O)NC1CCCCC1)N(Cc1ccc(OC)cc1)C(=O)CN(c1cc(Cl)ccc1OC)S(=O)(=O)c1ccc(C)c([N+](=O)[O-])c1. The summed E-state index contributed by atoms with van der Waals surface area (Å²) in [6, 6.07) is 13.9. The number of hydrogen-bond acceptors (Lipinski definition) is 8. The van der Waals surface area contributed by atoms with Gasteiger partial charge < -0.3 is 19.7 Å². The smallest absolute Gasteiger partial charge is 0.273 e. The number of nitrogens with zero attached hydrogens (tertiary/aromatic N) is 3. The summed E-state index contributed by atoms with van der Waals surface area (Å²) in [5.74, 6) is -0.295. The summed E-state index contributed by atoms with van der Waals surface area (Å²) < 4.78 is 40.3. The lowest BCUT2D eigenvalue weighted by molar-refractivity contribution is -0.385. The van der Waals surface area contributed by atoms with Crippen molar-refractivity contribution in [2.75, 3.05) is 25.1 Å². The number of halogens is 1. The zero-order chi connectivity index (χ0) is 35.0. The highest BCUT2D eigenvalue weighted by Gasteiger charge is 2.36. The van der Waals surface area contributed by atoms with E-state index in [-0.39, 0.29) is 46.9 Å². The zero-order valence-corrected chi connectivity index (χ0v) is 29.1. The van der Waals surface area contributed by atoms with Gasteiger partial charge in [0.25, 0.3) is 15.7 Å². The number of nitro benzene ring substituents is 1. The molecule has 3 aromatic rings. The summed E-state index contributed by atoms with van der Waals surface area (Å²) in [5, 5.41) is 15.0. The molecule has 1 fully saturated rings. The van der Waals surface area contributed by atoms with Crippen molar-refractivity contribution in [1.82, 2.24) is 10.2 Å². The van der Waals surface area contributed by atoms with Gasteiger partial charge in [-0.2, -0.15) is 0 Å². The van der Waals surface area contributed by atoms with Gasteiger partial charge in [0.15, 0.2) is 0 Å². The quantitative estimate of drug-likeness (QED) is 0.158. The van der Waals surface area contributed by atoms with Gasteiger partial charge in [-0.1, -0.05) is 56.0 Å². The van der Waals surface area contributed by atoms with Crippen molar-refractivity contribution in [3.63, 3.8) is 0 Å². The molecular weight excluding hydrogens is 660 g/mol. The van der Waals surface area contributed by atoms with Gasteiger partial charge in [0.05, 0.1) is 29.7 Å². The Bertz CT molecular complexity index is 1730. The molecule has 258 valence electrons. The molecule has 0 heterocycles. The average Bonchev–Trinajstić information content (AvgIpc) is 3.07. The maximum atomic E-state index is 14.5. The molecular formula is C34H41ClN4O8S. The van der Waals surface area contributed by atoms with E-state index in [4.69, 9.17) is 21.1 Å². The number of carbonyl (C=O) groups is 2. The number of aryl methyl sites for hydroxylation is 1. The molecule has 0 aromatic heterocycles. The van der Waals surface area contributed by atoms with Crippen molar-refractivity contribution < 1.29 is 32.4 Å². The Labute approximate surface area is 286 Å². The molecule has 4 rings (SSSR count). The van der Waals surface area contributed by atoms with Crippen molar-refractivity contribution in [2.24, 2.45) is 0 Å². The number of ether oxygens (including phenoxy) is 2. The van der Waals surface area contributed by atoms with Crippen molar-refractivity contribution >= 4 is 44.8 Å². The first-order valence-corrected chi connectivity index (χ1v) is 17.6. The highest BCUT2D eigenvalue weighted by molar-refractivity contribution is 7.92. The van der Waals surface area contributed by atoms with Crippen LogP contribution in [0.3, 0.4) is 0 Å². The van der Waals surface area contributed by atoms with E-state index in [0.29, 0.717) is 11.3 Å². The third kappa shape index (κ3) is 8.56. The summed E-state index contributed by atoms with van der Waals surface area (Å²) in [4.78, 5) is 40.3. The van der Waals surface area contributed by atoms with Crippen LogP contribution in [0.25, 0.3) is 0 Å². The van der Waals surface area contributed by atoms with Crippen molar-refractivity contribution in [2.45, 2.75) is 75.9 Å². The Balaban J connectivity index is 1.80. The largest absolute Gasteiger partial charge is 0.497 e. The van der Waals surface area contributed by atoms with E-state index in [1.807, 2.05) is 0 Å². The van der Waals surface area contributed by atoms with Crippen LogP contribution >= 0.6 is 11.6 Å². The lowest BCUT2D eigenvalue weighted by atomic mass is 9.95. The number of rotatable bonds is 14. The highest BCUT2D eigenvalue weighted by atomic mass is 35.5. The molecule has 0 spiro atoms. The van der Waals surface area contributed by atoms with Crippen LogP contribution in [-0.2, 0) is 26.2 Å². The topological polar surface area (TPSA) is 148 Å². The predicted molar refractivity (Wildman–Crippen MR) is 183 cm³/mol.